The molecule has 2 aromatic rings. The molecule has 0 radical (unpaired) electrons. The maximum atomic E-state index is 13.7. The summed E-state index contributed by atoms with van der Waals surface area (Å²) in [5.41, 5.74) is -1.02. The Kier molecular flexibility index (Phi) is 9.25. The van der Waals surface area contributed by atoms with E-state index in [0.717, 1.165) is 58.0 Å². The zero-order valence-corrected chi connectivity index (χ0v) is 22.6. The smallest absolute Gasteiger partial charge is 0.343 e. The van der Waals surface area contributed by atoms with Crippen molar-refractivity contribution in [3.63, 3.8) is 0 Å². The van der Waals surface area contributed by atoms with Crippen molar-refractivity contribution >= 4 is 25.5 Å². The number of amides is 1. The summed E-state index contributed by atoms with van der Waals surface area (Å²) < 4.78 is 20.3. The number of quaternary nitrogens is 1. The van der Waals surface area contributed by atoms with Gasteiger partial charge >= 0.3 is 5.97 Å². The predicted molar refractivity (Wildman–Crippen MR) is 136 cm³/mol. The molecule has 4 aliphatic rings. The number of ether oxygens (including phenoxy) is 1. The molecule has 4 heterocycles. The molecule has 4 N–H and O–H groups in total. The van der Waals surface area contributed by atoms with Crippen LogP contribution < -0.4 is 10.2 Å². The summed E-state index contributed by atoms with van der Waals surface area (Å²) in [5, 5.41) is 18.4. The number of hydrogen-bond donors (Lipinski definition) is 4. The van der Waals surface area contributed by atoms with E-state index in [-0.39, 0.29) is 23.8 Å². The number of rotatable bonds is 7. The Morgan fingerprint density at radius 1 is 1.10 bits per heavy atom. The van der Waals surface area contributed by atoms with Crippen LogP contribution in [0.1, 0.15) is 50.5 Å². The Labute approximate surface area is 226 Å². The maximum absolute atomic E-state index is 13.7. The lowest BCUT2D eigenvalue weighted by molar-refractivity contribution is -0.939. The fraction of sp³-hybridized carbons (Fsp3) is 0.577. The van der Waals surface area contributed by atoms with E-state index in [1.54, 1.807) is 6.07 Å². The van der Waals surface area contributed by atoms with Gasteiger partial charge < -0.3 is 38.8 Å². The standard InChI is InChI=1S/C26H33N3O5.H3O4P/c30-24(27-23-13-16-33-28-23)18-29-14-11-19(12-15-29)22(17-29)34-25(31)26(32,20-7-3-1-4-8-20)21-9-5-2-6-10-21;1-5(2,3)4/h1,3-4,7-8,13,16,19,21-22,32H,2,5-6,9-12,14-15,17-18H2;(H3,1,2,3,4)/t19?,22-,26+,29?;/m0./s1. The van der Waals surface area contributed by atoms with E-state index in [1.165, 1.54) is 6.26 Å². The van der Waals surface area contributed by atoms with Gasteiger partial charge in [-0.2, -0.15) is 0 Å². The Balaban J connectivity index is 0.000000648. The molecule has 3 saturated heterocycles. The number of anilines is 1. The van der Waals surface area contributed by atoms with Crippen LogP contribution in [0.3, 0.4) is 0 Å². The van der Waals surface area contributed by atoms with Crippen molar-refractivity contribution in [2.45, 2.75) is 56.7 Å². The molecular weight excluding hydrogens is 529 g/mol. The van der Waals surface area contributed by atoms with Gasteiger partial charge in [-0.25, -0.2) is 4.79 Å². The molecule has 214 valence electrons. The van der Waals surface area contributed by atoms with Gasteiger partial charge in [0.2, 0.25) is 0 Å². The minimum Gasteiger partial charge on any atom is -0.756 e. The fourth-order valence-electron chi connectivity index (χ4n) is 6.30. The van der Waals surface area contributed by atoms with Crippen molar-refractivity contribution in [3.05, 3.63) is 48.2 Å². The Hall–Kier alpha value is -2.60. The lowest BCUT2D eigenvalue weighted by atomic mass is 9.73. The molecule has 1 aromatic heterocycles. The third-order valence-electron chi connectivity index (χ3n) is 8.21. The number of nitrogens with zero attached hydrogens (tertiary/aromatic N) is 2. The monoisotopic (exact) mass is 565 g/mol. The third kappa shape index (κ3) is 7.53. The van der Waals surface area contributed by atoms with Gasteiger partial charge in [-0.1, -0.05) is 54.8 Å². The second-order valence-electron chi connectivity index (χ2n) is 10.8. The van der Waals surface area contributed by atoms with E-state index in [9.17, 15) is 14.7 Å². The molecule has 39 heavy (non-hydrogen) atoms. The highest BCUT2D eigenvalue weighted by molar-refractivity contribution is 7.43. The van der Waals surface area contributed by atoms with Crippen LogP contribution in [0.15, 0.2) is 47.2 Å². The molecule has 4 fully saturated rings. The summed E-state index contributed by atoms with van der Waals surface area (Å²) in [6.45, 7) is 2.67. The number of piperidine rings is 3. The van der Waals surface area contributed by atoms with Gasteiger partial charge in [-0.15, -0.1) is 0 Å². The van der Waals surface area contributed by atoms with Gasteiger partial charge in [0, 0.05) is 30.7 Å². The number of phosphoric acid groups is 1. The molecule has 12 nitrogen and oxygen atoms in total. The number of carbonyl (C=O) groups excluding carboxylic acids is 2. The minimum atomic E-state index is -4.89. The van der Waals surface area contributed by atoms with E-state index < -0.39 is 19.4 Å². The summed E-state index contributed by atoms with van der Waals surface area (Å²) in [7, 11) is -4.89. The van der Waals surface area contributed by atoms with Crippen LogP contribution in [0.4, 0.5) is 5.82 Å². The van der Waals surface area contributed by atoms with E-state index in [2.05, 4.69) is 10.5 Å². The SMILES string of the molecule is O=C(C[N+]12CCC(CC1)[C@@H](OC(=O)[C@@](O)(c1ccccc1)C1CCCCC1)C2)Nc1ccon1.O=P([O-])(O)O. The zero-order valence-electron chi connectivity index (χ0n) is 21.7. The topological polar surface area (TPSA) is 182 Å². The summed E-state index contributed by atoms with van der Waals surface area (Å²) >= 11 is 0. The first-order valence-corrected chi connectivity index (χ1v) is 14.8. The van der Waals surface area contributed by atoms with E-state index in [0.29, 0.717) is 29.0 Å². The number of nitrogens with one attached hydrogen (secondary N) is 1. The molecule has 2 atom stereocenters. The van der Waals surface area contributed by atoms with Crippen molar-refractivity contribution in [2.75, 3.05) is 31.5 Å². The van der Waals surface area contributed by atoms with Crippen LogP contribution in [0.25, 0.3) is 0 Å². The van der Waals surface area contributed by atoms with Crippen LogP contribution >= 0.6 is 7.82 Å². The summed E-state index contributed by atoms with van der Waals surface area (Å²) in [5.74, 6) is -0.127. The van der Waals surface area contributed by atoms with Crippen molar-refractivity contribution in [1.29, 1.82) is 0 Å². The number of aliphatic hydroxyl groups is 1. The first-order chi connectivity index (χ1) is 18.5. The molecule has 0 spiro atoms. The van der Waals surface area contributed by atoms with Crippen molar-refractivity contribution in [2.24, 2.45) is 11.8 Å². The highest BCUT2D eigenvalue weighted by Crippen LogP contribution is 2.42. The van der Waals surface area contributed by atoms with E-state index >= 15 is 0 Å². The molecule has 6 rings (SSSR count). The zero-order chi connectivity index (χ0) is 28.1. The van der Waals surface area contributed by atoms with Crippen LogP contribution in [0.5, 0.6) is 0 Å². The predicted octanol–water partition coefficient (Wildman–Crippen LogP) is 1.67. The average Bonchev–Trinajstić information content (AvgIpc) is 3.41. The normalized spacial score (nSPS) is 26.6. The first kappa shape index (κ1) is 29.4. The van der Waals surface area contributed by atoms with Gasteiger partial charge in [0.25, 0.3) is 13.7 Å². The largest absolute Gasteiger partial charge is 0.756 e. The molecule has 2 bridgehead atoms. The van der Waals surface area contributed by atoms with Crippen LogP contribution in [-0.4, -0.2) is 68.7 Å². The highest BCUT2D eigenvalue weighted by atomic mass is 31.2. The molecule has 0 unspecified atom stereocenters. The van der Waals surface area contributed by atoms with E-state index in [1.807, 2.05) is 30.3 Å². The molecule has 13 heteroatoms. The number of fused-ring (bicyclic) bond motifs is 3. The summed E-state index contributed by atoms with van der Waals surface area (Å²) in [6, 6.07) is 10.9. The van der Waals surface area contributed by atoms with E-state index in [4.69, 9.17) is 28.5 Å². The lowest BCUT2D eigenvalue weighted by Crippen LogP contribution is -2.66. The molecular formula is C26H36N3O9P. The fourth-order valence-corrected chi connectivity index (χ4v) is 6.30. The number of aromatic nitrogens is 1. The molecule has 3 aliphatic heterocycles. The van der Waals surface area contributed by atoms with Crippen molar-refractivity contribution < 1.29 is 47.7 Å². The molecule has 1 amide bonds. The van der Waals surface area contributed by atoms with Gasteiger partial charge in [0.05, 0.1) is 13.1 Å². The van der Waals surface area contributed by atoms with Crippen molar-refractivity contribution in [3.8, 4) is 0 Å². The maximum Gasteiger partial charge on any atom is 0.343 e. The minimum absolute atomic E-state index is 0.123. The number of hydrogen-bond acceptors (Lipinski definition) is 8. The van der Waals surface area contributed by atoms with Crippen LogP contribution in [0, 0.1) is 11.8 Å². The Bertz CT molecular complexity index is 1130. The van der Waals surface area contributed by atoms with Crippen LogP contribution in [0.2, 0.25) is 0 Å². The third-order valence-corrected chi connectivity index (χ3v) is 8.21. The number of esters is 1. The van der Waals surface area contributed by atoms with Crippen LogP contribution in [-0.2, 0) is 24.5 Å². The number of carbonyl (C=O) groups is 2. The first-order valence-electron chi connectivity index (χ1n) is 13.3. The summed E-state index contributed by atoms with van der Waals surface area (Å²) in [4.78, 5) is 49.3. The Morgan fingerprint density at radius 3 is 2.33 bits per heavy atom. The van der Waals surface area contributed by atoms with Crippen molar-refractivity contribution in [1.82, 2.24) is 5.16 Å². The summed E-state index contributed by atoms with van der Waals surface area (Å²) in [6.07, 6.45) is 7.73. The molecule has 1 saturated carbocycles. The van der Waals surface area contributed by atoms with Gasteiger partial charge in [-0.05, 0) is 18.4 Å². The highest BCUT2D eigenvalue weighted by Gasteiger charge is 2.52. The van der Waals surface area contributed by atoms with Gasteiger partial charge in [0.15, 0.2) is 24.1 Å². The second kappa shape index (κ2) is 12.3. The lowest BCUT2D eigenvalue weighted by Gasteiger charge is -2.52. The van der Waals surface area contributed by atoms with Gasteiger partial charge in [-0.3, -0.25) is 9.36 Å². The quantitative estimate of drug-likeness (QED) is 0.219. The molecule has 1 aromatic carbocycles. The van der Waals surface area contributed by atoms with Gasteiger partial charge in [0.1, 0.15) is 12.8 Å². The molecule has 1 aliphatic carbocycles. The second-order valence-corrected chi connectivity index (χ2v) is 11.8. The number of benzene rings is 1. The average molecular weight is 566 g/mol. The Morgan fingerprint density at radius 2 is 1.74 bits per heavy atom.